The summed E-state index contributed by atoms with van der Waals surface area (Å²) in [5.74, 6) is 2.02. The number of rotatable bonds is 1. The molecule has 1 aromatic carbocycles. The van der Waals surface area contributed by atoms with Gasteiger partial charge in [0.05, 0.1) is 18.9 Å². The molecule has 1 aliphatic heterocycles. The molecule has 0 radical (unpaired) electrons. The lowest BCUT2D eigenvalue weighted by atomic mass is 9.97. The van der Waals surface area contributed by atoms with Crippen LogP contribution in [0.3, 0.4) is 0 Å². The monoisotopic (exact) mass is 259 g/mol. The molecule has 0 aliphatic carbocycles. The Bertz CT molecular complexity index is 604. The number of nitrogen functional groups attached to an aromatic ring is 1. The third-order valence-electron chi connectivity index (χ3n) is 3.09. The van der Waals surface area contributed by atoms with Gasteiger partial charge < -0.3 is 15.2 Å². The molecule has 5 heteroatoms. The lowest BCUT2D eigenvalue weighted by Crippen LogP contribution is -2.26. The van der Waals surface area contributed by atoms with Crippen molar-refractivity contribution < 1.29 is 9.47 Å². The van der Waals surface area contributed by atoms with Gasteiger partial charge in [0.25, 0.3) is 0 Å². The van der Waals surface area contributed by atoms with Crippen LogP contribution in [0.2, 0.25) is 0 Å². The highest BCUT2D eigenvalue weighted by atomic mass is 16.5. The first kappa shape index (κ1) is 11.9. The molecule has 19 heavy (non-hydrogen) atoms. The van der Waals surface area contributed by atoms with Crippen LogP contribution >= 0.6 is 0 Å². The topological polar surface area (TPSA) is 73.2 Å². The number of nitrogens with one attached hydrogen (secondary N) is 1. The Morgan fingerprint density at radius 3 is 2.58 bits per heavy atom. The number of ether oxygens (including phenoxy) is 2. The van der Waals surface area contributed by atoms with Gasteiger partial charge in [-0.1, -0.05) is 13.8 Å². The van der Waals surface area contributed by atoms with Crippen LogP contribution in [-0.4, -0.2) is 23.4 Å². The molecule has 5 nitrogen and oxygen atoms in total. The number of aromatic nitrogens is 2. The Morgan fingerprint density at radius 1 is 1.16 bits per heavy atom. The van der Waals surface area contributed by atoms with Crippen molar-refractivity contribution in [2.75, 3.05) is 18.9 Å². The number of hydrogen-bond acceptors (Lipinski definition) is 4. The maximum absolute atomic E-state index is 5.84. The van der Waals surface area contributed by atoms with Crippen molar-refractivity contribution in [1.82, 2.24) is 10.2 Å². The summed E-state index contributed by atoms with van der Waals surface area (Å²) in [6.07, 6.45) is 0. The van der Waals surface area contributed by atoms with E-state index in [1.165, 1.54) is 0 Å². The number of hydrogen-bond donors (Lipinski definition) is 2. The van der Waals surface area contributed by atoms with Crippen LogP contribution in [0.25, 0.3) is 11.3 Å². The summed E-state index contributed by atoms with van der Waals surface area (Å²) in [6.45, 7) is 5.52. The number of nitrogens with zero attached hydrogens (tertiary/aromatic N) is 1. The summed E-state index contributed by atoms with van der Waals surface area (Å²) in [7, 11) is 0. The molecule has 3 N–H and O–H groups in total. The predicted molar refractivity (Wildman–Crippen MR) is 73.2 cm³/mol. The van der Waals surface area contributed by atoms with E-state index < -0.39 is 0 Å². The Balaban J connectivity index is 1.94. The summed E-state index contributed by atoms with van der Waals surface area (Å²) >= 11 is 0. The molecule has 0 saturated heterocycles. The lowest BCUT2D eigenvalue weighted by molar-refractivity contribution is 0.140. The summed E-state index contributed by atoms with van der Waals surface area (Å²) < 4.78 is 11.6. The maximum Gasteiger partial charge on any atom is 0.161 e. The van der Waals surface area contributed by atoms with E-state index >= 15 is 0 Å². The van der Waals surface area contributed by atoms with Crippen LogP contribution in [0.5, 0.6) is 11.5 Å². The fourth-order valence-corrected chi connectivity index (χ4v) is 1.98. The van der Waals surface area contributed by atoms with Crippen LogP contribution in [0.4, 0.5) is 5.82 Å². The Labute approximate surface area is 111 Å². The quantitative estimate of drug-likeness (QED) is 0.825. The SMILES string of the molecule is CC1(C)COc2ccc(-c3cc(N)n[nH]3)cc2OC1. The molecular formula is C14H17N3O2. The molecule has 100 valence electrons. The molecule has 0 unspecified atom stereocenters. The van der Waals surface area contributed by atoms with E-state index in [1.54, 1.807) is 6.07 Å². The van der Waals surface area contributed by atoms with Crippen molar-refractivity contribution in [1.29, 1.82) is 0 Å². The minimum Gasteiger partial charge on any atom is -0.489 e. The first-order valence-corrected chi connectivity index (χ1v) is 6.24. The molecule has 1 aliphatic rings. The van der Waals surface area contributed by atoms with E-state index in [2.05, 4.69) is 24.0 Å². The normalized spacial score (nSPS) is 16.9. The Hall–Kier alpha value is -2.17. The van der Waals surface area contributed by atoms with Gasteiger partial charge in [-0.2, -0.15) is 5.10 Å². The molecule has 0 saturated carbocycles. The van der Waals surface area contributed by atoms with E-state index in [0.717, 1.165) is 22.8 Å². The third-order valence-corrected chi connectivity index (χ3v) is 3.09. The maximum atomic E-state index is 5.84. The minimum atomic E-state index is 0.0115. The first-order chi connectivity index (χ1) is 9.03. The molecule has 0 amide bonds. The van der Waals surface area contributed by atoms with Crippen LogP contribution in [0, 0.1) is 5.41 Å². The van der Waals surface area contributed by atoms with Crippen molar-refractivity contribution in [3.8, 4) is 22.8 Å². The smallest absolute Gasteiger partial charge is 0.161 e. The van der Waals surface area contributed by atoms with Gasteiger partial charge in [0, 0.05) is 17.0 Å². The van der Waals surface area contributed by atoms with Crippen molar-refractivity contribution in [2.24, 2.45) is 5.41 Å². The number of nitrogens with two attached hydrogens (primary N) is 1. The van der Waals surface area contributed by atoms with Gasteiger partial charge in [0.2, 0.25) is 0 Å². The molecular weight excluding hydrogens is 242 g/mol. The second kappa shape index (κ2) is 4.19. The first-order valence-electron chi connectivity index (χ1n) is 6.24. The van der Waals surface area contributed by atoms with Crippen LogP contribution < -0.4 is 15.2 Å². The number of H-pyrrole nitrogens is 1. The van der Waals surface area contributed by atoms with Gasteiger partial charge >= 0.3 is 0 Å². The molecule has 0 spiro atoms. The number of anilines is 1. The molecule has 0 bridgehead atoms. The highest BCUT2D eigenvalue weighted by Gasteiger charge is 2.25. The number of aromatic amines is 1. The summed E-state index contributed by atoms with van der Waals surface area (Å²) in [4.78, 5) is 0. The zero-order valence-corrected chi connectivity index (χ0v) is 11.1. The van der Waals surface area contributed by atoms with E-state index in [1.807, 2.05) is 18.2 Å². The number of benzene rings is 1. The molecule has 1 aromatic heterocycles. The minimum absolute atomic E-state index is 0.0115. The summed E-state index contributed by atoms with van der Waals surface area (Å²) in [5, 5.41) is 6.82. The molecule has 3 rings (SSSR count). The largest absolute Gasteiger partial charge is 0.489 e. The molecule has 0 fully saturated rings. The summed E-state index contributed by atoms with van der Waals surface area (Å²) in [6, 6.07) is 7.63. The van der Waals surface area contributed by atoms with Gasteiger partial charge in [0.1, 0.15) is 5.82 Å². The van der Waals surface area contributed by atoms with E-state index in [-0.39, 0.29) is 5.41 Å². The van der Waals surface area contributed by atoms with Crippen LogP contribution in [0.1, 0.15) is 13.8 Å². The van der Waals surface area contributed by atoms with Crippen molar-refractivity contribution in [3.63, 3.8) is 0 Å². The second-order valence-corrected chi connectivity index (χ2v) is 5.61. The van der Waals surface area contributed by atoms with Gasteiger partial charge in [-0.05, 0) is 18.2 Å². The zero-order chi connectivity index (χ0) is 13.5. The van der Waals surface area contributed by atoms with Gasteiger partial charge in [-0.15, -0.1) is 0 Å². The highest BCUT2D eigenvalue weighted by Crippen LogP contribution is 2.36. The number of fused-ring (bicyclic) bond motifs is 1. The third kappa shape index (κ3) is 2.36. The fourth-order valence-electron chi connectivity index (χ4n) is 1.98. The predicted octanol–water partition coefficient (Wildman–Crippen LogP) is 2.46. The van der Waals surface area contributed by atoms with Crippen LogP contribution in [0.15, 0.2) is 24.3 Å². The van der Waals surface area contributed by atoms with E-state index in [4.69, 9.17) is 15.2 Å². The van der Waals surface area contributed by atoms with Gasteiger partial charge in [-0.25, -0.2) is 0 Å². The van der Waals surface area contributed by atoms with Crippen molar-refractivity contribution in [3.05, 3.63) is 24.3 Å². The van der Waals surface area contributed by atoms with E-state index in [9.17, 15) is 0 Å². The summed E-state index contributed by atoms with van der Waals surface area (Å²) in [5.41, 5.74) is 7.47. The molecule has 2 heterocycles. The van der Waals surface area contributed by atoms with Crippen molar-refractivity contribution >= 4 is 5.82 Å². The van der Waals surface area contributed by atoms with Crippen LogP contribution in [-0.2, 0) is 0 Å². The fraction of sp³-hybridized carbons (Fsp3) is 0.357. The van der Waals surface area contributed by atoms with Gasteiger partial charge in [-0.3, -0.25) is 5.10 Å². The lowest BCUT2D eigenvalue weighted by Gasteiger charge is -2.19. The Kier molecular flexibility index (Phi) is 2.62. The average Bonchev–Trinajstić information content (AvgIpc) is 2.74. The molecule has 2 aromatic rings. The standard InChI is InChI=1S/C14H17N3O2/c1-14(2)7-18-11-4-3-9(5-12(11)19-8-14)10-6-13(15)17-16-10/h3-6H,7-8H2,1-2H3,(H3,15,16,17). The Morgan fingerprint density at radius 2 is 1.89 bits per heavy atom. The zero-order valence-electron chi connectivity index (χ0n) is 11.1. The van der Waals surface area contributed by atoms with Gasteiger partial charge in [0.15, 0.2) is 11.5 Å². The van der Waals surface area contributed by atoms with Crippen molar-refractivity contribution in [2.45, 2.75) is 13.8 Å². The second-order valence-electron chi connectivity index (χ2n) is 5.61. The molecule has 0 atom stereocenters. The highest BCUT2D eigenvalue weighted by molar-refractivity contribution is 5.66. The van der Waals surface area contributed by atoms with E-state index in [0.29, 0.717) is 19.0 Å². The average molecular weight is 259 g/mol.